The van der Waals surface area contributed by atoms with Gasteiger partial charge in [0.1, 0.15) is 0 Å². The summed E-state index contributed by atoms with van der Waals surface area (Å²) in [6, 6.07) is 3.36. The Bertz CT molecular complexity index is 311. The number of aromatic nitrogens is 1. The summed E-state index contributed by atoms with van der Waals surface area (Å²) in [4.78, 5) is 15.1. The van der Waals surface area contributed by atoms with Gasteiger partial charge in [-0.3, -0.25) is 9.78 Å². The molecule has 0 radical (unpaired) electrons. The highest BCUT2D eigenvalue weighted by molar-refractivity contribution is 5.93. The van der Waals surface area contributed by atoms with Crippen molar-refractivity contribution in [1.29, 1.82) is 0 Å². The van der Waals surface area contributed by atoms with Crippen LogP contribution in [0.25, 0.3) is 0 Å². The van der Waals surface area contributed by atoms with Gasteiger partial charge in [-0.2, -0.15) is 5.10 Å². The van der Waals surface area contributed by atoms with Crippen LogP contribution in [0.15, 0.2) is 29.6 Å². The first-order valence-corrected chi connectivity index (χ1v) is 5.26. The lowest BCUT2D eigenvalue weighted by Gasteiger charge is -1.97. The van der Waals surface area contributed by atoms with E-state index in [4.69, 9.17) is 5.73 Å². The molecule has 1 heterocycles. The first-order valence-electron chi connectivity index (χ1n) is 5.26. The summed E-state index contributed by atoms with van der Waals surface area (Å²) < 4.78 is 0. The van der Waals surface area contributed by atoms with Crippen molar-refractivity contribution < 1.29 is 4.79 Å². The van der Waals surface area contributed by atoms with Crippen LogP contribution in [-0.2, 0) is 0 Å². The predicted molar refractivity (Wildman–Crippen MR) is 65.2 cm³/mol. The third-order valence-corrected chi connectivity index (χ3v) is 1.48. The molecule has 0 fully saturated rings. The summed E-state index contributed by atoms with van der Waals surface area (Å²) in [7, 11) is 0. The van der Waals surface area contributed by atoms with Gasteiger partial charge in [-0.25, -0.2) is 5.43 Å². The maximum atomic E-state index is 11.3. The van der Waals surface area contributed by atoms with Crippen molar-refractivity contribution in [1.82, 2.24) is 10.4 Å². The molecular weight excluding hydrogens is 204 g/mol. The van der Waals surface area contributed by atoms with Crippen molar-refractivity contribution in [3.05, 3.63) is 30.1 Å². The number of hydrogen-bond acceptors (Lipinski definition) is 4. The van der Waals surface area contributed by atoms with Gasteiger partial charge in [0.2, 0.25) is 0 Å². The summed E-state index contributed by atoms with van der Waals surface area (Å²) >= 11 is 0. The van der Waals surface area contributed by atoms with Crippen LogP contribution in [0, 0.1) is 0 Å². The first-order chi connectivity index (χ1) is 7.84. The number of rotatable bonds is 4. The Kier molecular flexibility index (Phi) is 8.72. The van der Waals surface area contributed by atoms with E-state index in [-0.39, 0.29) is 5.91 Å². The summed E-state index contributed by atoms with van der Waals surface area (Å²) in [5.41, 5.74) is 8.09. The minimum absolute atomic E-state index is 0.272. The zero-order valence-electron chi connectivity index (χ0n) is 9.68. The van der Waals surface area contributed by atoms with Gasteiger partial charge in [-0.05, 0) is 25.1 Å². The summed E-state index contributed by atoms with van der Waals surface area (Å²) in [6.07, 6.45) is 5.30. The molecule has 1 aromatic rings. The molecule has 0 aliphatic rings. The second-order valence-electron chi connectivity index (χ2n) is 2.57. The van der Waals surface area contributed by atoms with Gasteiger partial charge in [-0.15, -0.1) is 0 Å². The van der Waals surface area contributed by atoms with Crippen LogP contribution >= 0.6 is 0 Å². The van der Waals surface area contributed by atoms with E-state index in [1.165, 1.54) is 6.20 Å². The average molecular weight is 222 g/mol. The topological polar surface area (TPSA) is 80.4 Å². The quantitative estimate of drug-likeness (QED) is 0.592. The Hall–Kier alpha value is -1.75. The molecule has 0 aliphatic heterocycles. The highest BCUT2D eigenvalue weighted by Gasteiger charge is 2.01. The molecule has 0 spiro atoms. The van der Waals surface area contributed by atoms with Gasteiger partial charge < -0.3 is 5.73 Å². The fraction of sp³-hybridized carbons (Fsp3) is 0.364. The Morgan fingerprint density at radius 1 is 1.62 bits per heavy atom. The number of nitrogens with one attached hydrogen (secondary N) is 1. The van der Waals surface area contributed by atoms with Crippen molar-refractivity contribution in [2.24, 2.45) is 10.8 Å². The fourth-order valence-electron chi connectivity index (χ4n) is 0.805. The average Bonchev–Trinajstić information content (AvgIpc) is 2.38. The number of nitrogens with two attached hydrogens (primary N) is 1. The first kappa shape index (κ1) is 14.2. The van der Waals surface area contributed by atoms with Crippen LogP contribution in [0.2, 0.25) is 0 Å². The Morgan fingerprint density at radius 3 is 2.94 bits per heavy atom. The normalized spacial score (nSPS) is 9.44. The molecule has 0 saturated carbocycles. The largest absolute Gasteiger partial charge is 0.330 e. The number of carbonyl (C=O) groups is 1. The zero-order chi connectivity index (χ0) is 12.2. The molecule has 0 bridgehead atoms. The molecular formula is C11H18N4O. The van der Waals surface area contributed by atoms with Crippen LogP contribution in [0.4, 0.5) is 0 Å². The molecule has 1 amide bonds. The number of hydrazone groups is 1. The number of pyridine rings is 1. The third kappa shape index (κ3) is 5.87. The van der Waals surface area contributed by atoms with Crippen LogP contribution in [0.1, 0.15) is 30.6 Å². The van der Waals surface area contributed by atoms with Gasteiger partial charge in [0, 0.05) is 18.6 Å². The van der Waals surface area contributed by atoms with E-state index in [1.807, 2.05) is 13.8 Å². The van der Waals surface area contributed by atoms with Crippen molar-refractivity contribution in [3.8, 4) is 0 Å². The number of carbonyl (C=O) groups excluding carboxylic acids is 1. The minimum atomic E-state index is -0.272. The van der Waals surface area contributed by atoms with Gasteiger partial charge in [-0.1, -0.05) is 13.8 Å². The van der Waals surface area contributed by atoms with Crippen LogP contribution in [-0.4, -0.2) is 23.7 Å². The lowest BCUT2D eigenvalue weighted by molar-refractivity contribution is 0.0954. The molecule has 1 rings (SSSR count). The molecule has 0 saturated heterocycles. The summed E-state index contributed by atoms with van der Waals surface area (Å²) in [6.45, 7) is 4.52. The molecule has 5 heteroatoms. The molecule has 1 aromatic heterocycles. The molecule has 16 heavy (non-hydrogen) atoms. The SMILES string of the molecule is CC.NCC/C=N/NC(=O)c1cccnc1. The Labute approximate surface area is 95.8 Å². The number of nitrogens with zero attached hydrogens (tertiary/aromatic N) is 2. The van der Waals surface area contributed by atoms with E-state index in [1.54, 1.807) is 24.5 Å². The smallest absolute Gasteiger partial charge is 0.272 e. The Balaban J connectivity index is 0.00000106. The maximum Gasteiger partial charge on any atom is 0.272 e. The summed E-state index contributed by atoms with van der Waals surface area (Å²) in [5.74, 6) is -0.272. The third-order valence-electron chi connectivity index (χ3n) is 1.48. The lowest BCUT2D eigenvalue weighted by Crippen LogP contribution is -2.17. The predicted octanol–water partition coefficient (Wildman–Crippen LogP) is 1.17. The van der Waals surface area contributed by atoms with E-state index in [2.05, 4.69) is 15.5 Å². The van der Waals surface area contributed by atoms with Crippen molar-refractivity contribution in [2.45, 2.75) is 20.3 Å². The van der Waals surface area contributed by atoms with E-state index >= 15 is 0 Å². The molecule has 0 aliphatic carbocycles. The second-order valence-corrected chi connectivity index (χ2v) is 2.57. The van der Waals surface area contributed by atoms with E-state index in [0.29, 0.717) is 18.5 Å². The molecule has 3 N–H and O–H groups in total. The van der Waals surface area contributed by atoms with Crippen LogP contribution in [0.5, 0.6) is 0 Å². The van der Waals surface area contributed by atoms with Gasteiger partial charge >= 0.3 is 0 Å². The van der Waals surface area contributed by atoms with Gasteiger partial charge in [0.05, 0.1) is 5.56 Å². The maximum absolute atomic E-state index is 11.3. The summed E-state index contributed by atoms with van der Waals surface area (Å²) in [5, 5.41) is 3.71. The van der Waals surface area contributed by atoms with Crippen molar-refractivity contribution >= 4 is 12.1 Å². The molecule has 5 nitrogen and oxygen atoms in total. The fourth-order valence-corrected chi connectivity index (χ4v) is 0.805. The standard InChI is InChI=1S/C9H12N4O.C2H6/c10-4-2-6-12-13-9(14)8-3-1-5-11-7-8;1-2/h1,3,5-7H,2,4,10H2,(H,13,14);1-2H3/b12-6+;. The monoisotopic (exact) mass is 222 g/mol. The zero-order valence-corrected chi connectivity index (χ0v) is 9.68. The van der Waals surface area contributed by atoms with Crippen LogP contribution < -0.4 is 11.2 Å². The highest BCUT2D eigenvalue weighted by atomic mass is 16.2. The lowest BCUT2D eigenvalue weighted by atomic mass is 10.3. The van der Waals surface area contributed by atoms with Crippen molar-refractivity contribution in [3.63, 3.8) is 0 Å². The molecule has 88 valence electrons. The second kappa shape index (κ2) is 9.79. The van der Waals surface area contributed by atoms with Gasteiger partial charge in [0.15, 0.2) is 0 Å². The van der Waals surface area contributed by atoms with Gasteiger partial charge in [0.25, 0.3) is 5.91 Å². The minimum Gasteiger partial charge on any atom is -0.330 e. The molecule has 0 aromatic carbocycles. The van der Waals surface area contributed by atoms with E-state index in [0.717, 1.165) is 0 Å². The highest BCUT2D eigenvalue weighted by Crippen LogP contribution is 1.94. The van der Waals surface area contributed by atoms with Crippen molar-refractivity contribution in [2.75, 3.05) is 6.54 Å². The van der Waals surface area contributed by atoms with E-state index in [9.17, 15) is 4.79 Å². The Morgan fingerprint density at radius 2 is 2.38 bits per heavy atom. The number of amides is 1. The van der Waals surface area contributed by atoms with E-state index < -0.39 is 0 Å². The number of hydrogen-bond donors (Lipinski definition) is 2. The van der Waals surface area contributed by atoms with Crippen LogP contribution in [0.3, 0.4) is 0 Å². The molecule has 0 atom stereocenters. The molecule has 0 unspecified atom stereocenters.